The average molecular weight is 1310 g/mol. The number of carbonyl (C=O) groups is 5. The van der Waals surface area contributed by atoms with Crippen molar-refractivity contribution in [2.45, 2.75) is 288 Å². The lowest BCUT2D eigenvalue weighted by Crippen LogP contribution is -2.65. The molecule has 5 N–H and O–H groups in total. The number of nitrogens with zero attached hydrogens (tertiary/aromatic N) is 1. The highest BCUT2D eigenvalue weighted by atomic mass is 16.7. The molecule has 6 heterocycles. The molecule has 93 heavy (non-hydrogen) atoms. The Labute approximate surface area is 544 Å². The van der Waals surface area contributed by atoms with E-state index in [1.54, 1.807) is 26.8 Å². The second-order valence-corrected chi connectivity index (χ2v) is 29.0. The molecule has 4 aliphatic carbocycles. The molecule has 0 aromatic rings. The molecule has 6 saturated heterocycles. The van der Waals surface area contributed by atoms with Gasteiger partial charge in [-0.05, 0) is 127 Å². The normalized spacial score (nSPS) is 48.9. The van der Waals surface area contributed by atoms with Gasteiger partial charge in [-0.1, -0.05) is 50.6 Å². The first-order valence-electron chi connectivity index (χ1n) is 33.6. The molecule has 0 aromatic carbocycles. The number of aliphatic hydroxyl groups is 4. The van der Waals surface area contributed by atoms with Gasteiger partial charge in [-0.3, -0.25) is 29.3 Å². The maximum absolute atomic E-state index is 16.3. The van der Waals surface area contributed by atoms with Crippen molar-refractivity contribution in [1.82, 2.24) is 5.32 Å². The van der Waals surface area contributed by atoms with Gasteiger partial charge < -0.3 is 82.6 Å². The maximum Gasteiger partial charge on any atom is 0.407 e. The number of esters is 2. The molecule has 520 valence electrons. The lowest BCUT2D eigenvalue weighted by atomic mass is 9.46. The molecular formula is C68H100N2O23. The molecule has 0 aromatic heterocycles. The molecule has 10 aliphatic rings. The third kappa shape index (κ3) is 14.1. The number of ether oxygens (including phenoxy) is 12. The monoisotopic (exact) mass is 1310 g/mol. The van der Waals surface area contributed by atoms with Crippen LogP contribution in [0.25, 0.3) is 0 Å². The molecule has 25 heteroatoms. The molecule has 1 amide bonds. The standard InChI is InChI=1S/C68H100N2O23/c1-31-14-18-50(89-56-29-66(11,70(80)81)61(39(9)87-56)69-65(79)82-13)33(3)23-46-48(74)24-41(30-71)28-68(46)63(77)57(64(78)93-68)62(76)67(12)45(31)16-15-43-44(32(2)22-34(4)58(43)67)25-42-26-52(60(38(8)83-42)88-40(10)72)91-53-21-19-51(36(6)85-53)90-55-27-49(75)59(37(7)86-55)92-54-20-17-47(73)35(5)84-54/h14-16,23-24,30,32,34-39,42-61,63,73-75,77H,17-22,25-29H2,1-13H3,(H,69,79)/b31-14+,33-23+/t32-,34-,35-,36-,37-,38-,39+,42-,43+,44?,45-,46+,47+,48-,49+,50-,51?,52+,53-,54?,55?,56-,57?,58?,59?,60-,61-,63?,66-,67+,68?/m0/s1. The first-order chi connectivity index (χ1) is 43.9. The summed E-state index contributed by atoms with van der Waals surface area (Å²) in [5, 5.41) is 61.7. The summed E-state index contributed by atoms with van der Waals surface area (Å²) in [4.78, 5) is 81.3. The van der Waals surface area contributed by atoms with Gasteiger partial charge in [0, 0.05) is 68.1 Å². The zero-order valence-corrected chi connectivity index (χ0v) is 55.9. The molecule has 25 nitrogen and oxygen atoms in total. The van der Waals surface area contributed by atoms with Crippen LogP contribution in [0.3, 0.4) is 0 Å². The highest BCUT2D eigenvalue weighted by Gasteiger charge is 2.68. The number of methoxy groups -OCH3 is 1. The number of ketones is 1. The third-order valence-electron chi connectivity index (χ3n) is 22.7. The Balaban J connectivity index is 0.895. The predicted molar refractivity (Wildman–Crippen MR) is 328 cm³/mol. The van der Waals surface area contributed by atoms with Gasteiger partial charge in [0.15, 0.2) is 42.6 Å². The molecule has 2 bridgehead atoms. The molecule has 1 spiro atoms. The van der Waals surface area contributed by atoms with Crippen molar-refractivity contribution < 1.29 is 106 Å². The number of nitrogens with one attached hydrogen (secondary N) is 1. The minimum atomic E-state index is -1.99. The molecular weight excluding hydrogens is 1210 g/mol. The highest BCUT2D eigenvalue weighted by molar-refractivity contribution is 6.05. The van der Waals surface area contributed by atoms with Crippen LogP contribution in [0.5, 0.6) is 0 Å². The molecule has 7 fully saturated rings. The van der Waals surface area contributed by atoms with Gasteiger partial charge in [0.2, 0.25) is 5.54 Å². The average Bonchev–Trinajstić information content (AvgIpc) is 1.68. The number of alkyl carbamates (subject to hydrolysis) is 1. The summed E-state index contributed by atoms with van der Waals surface area (Å²) >= 11 is 0. The van der Waals surface area contributed by atoms with E-state index in [1.165, 1.54) is 19.9 Å². The topological polar surface area (TPSA) is 332 Å². The molecule has 9 unspecified atom stereocenters. The van der Waals surface area contributed by atoms with Crippen LogP contribution >= 0.6 is 0 Å². The summed E-state index contributed by atoms with van der Waals surface area (Å²) in [6, 6.07) is -1.11. The number of Topliss-reactive ketones (excluding diaryl/α,β-unsaturated/α-hetero) is 1. The Kier molecular flexibility index (Phi) is 21.8. The van der Waals surface area contributed by atoms with Crippen molar-refractivity contribution in [2.75, 3.05) is 7.11 Å². The van der Waals surface area contributed by atoms with Crippen LogP contribution in [0.2, 0.25) is 0 Å². The molecule has 31 atom stereocenters. The van der Waals surface area contributed by atoms with Crippen LogP contribution < -0.4 is 5.32 Å². The van der Waals surface area contributed by atoms with Crippen molar-refractivity contribution in [1.29, 1.82) is 0 Å². The number of nitro groups is 1. The van der Waals surface area contributed by atoms with Crippen molar-refractivity contribution in [2.24, 2.45) is 52.8 Å². The Morgan fingerprint density at radius 3 is 2.09 bits per heavy atom. The first-order valence-corrected chi connectivity index (χ1v) is 33.6. The van der Waals surface area contributed by atoms with Crippen molar-refractivity contribution in [3.05, 3.63) is 57.2 Å². The quantitative estimate of drug-likeness (QED) is 0.0246. The van der Waals surface area contributed by atoms with Crippen LogP contribution in [0.4, 0.5) is 4.79 Å². The van der Waals surface area contributed by atoms with Gasteiger partial charge in [-0.2, -0.15) is 0 Å². The summed E-state index contributed by atoms with van der Waals surface area (Å²) in [6.07, 6.45) is -2.67. The van der Waals surface area contributed by atoms with Crippen LogP contribution in [0, 0.1) is 62.9 Å². The Hall–Kier alpha value is -4.61. The molecule has 0 radical (unpaired) electrons. The first kappa shape index (κ1) is 71.2. The summed E-state index contributed by atoms with van der Waals surface area (Å²) in [5.41, 5.74) is -3.85. The van der Waals surface area contributed by atoms with E-state index >= 15 is 4.79 Å². The lowest BCUT2D eigenvalue weighted by molar-refractivity contribution is -0.584. The van der Waals surface area contributed by atoms with Gasteiger partial charge in [0.1, 0.15) is 36.6 Å². The van der Waals surface area contributed by atoms with Gasteiger partial charge >= 0.3 is 18.0 Å². The number of allylic oxidation sites excluding steroid dienone is 3. The number of amides is 1. The Morgan fingerprint density at radius 2 is 1.42 bits per heavy atom. The van der Waals surface area contributed by atoms with Crippen molar-refractivity contribution >= 4 is 30.1 Å². The number of aldehydes is 1. The van der Waals surface area contributed by atoms with E-state index in [4.69, 9.17) is 56.8 Å². The fraction of sp³-hybridized carbons (Fsp3) is 0.809. The van der Waals surface area contributed by atoms with Gasteiger partial charge in [0.25, 0.3) is 0 Å². The van der Waals surface area contributed by atoms with E-state index in [-0.39, 0.29) is 54.9 Å². The fourth-order valence-corrected chi connectivity index (χ4v) is 17.9. The maximum atomic E-state index is 16.3. The summed E-state index contributed by atoms with van der Waals surface area (Å²) < 4.78 is 75.0. The van der Waals surface area contributed by atoms with E-state index in [0.29, 0.717) is 56.8 Å². The van der Waals surface area contributed by atoms with Gasteiger partial charge in [-0.15, -0.1) is 0 Å². The minimum Gasteiger partial charge on any atom is -0.457 e. The number of hydrogen-bond acceptors (Lipinski definition) is 23. The van der Waals surface area contributed by atoms with Gasteiger partial charge in [0.05, 0.1) is 80.7 Å². The summed E-state index contributed by atoms with van der Waals surface area (Å²) in [6.45, 7) is 21.5. The van der Waals surface area contributed by atoms with Crippen LogP contribution in [0.1, 0.15) is 154 Å². The second-order valence-electron chi connectivity index (χ2n) is 29.0. The highest BCUT2D eigenvalue weighted by Crippen LogP contribution is 2.61. The van der Waals surface area contributed by atoms with E-state index in [9.17, 15) is 49.7 Å². The number of aliphatic hydroxyl groups excluding tert-OH is 4. The fourth-order valence-electron chi connectivity index (χ4n) is 17.9. The van der Waals surface area contributed by atoms with Gasteiger partial charge in [-0.25, -0.2) is 4.79 Å². The smallest absolute Gasteiger partial charge is 0.407 e. The number of hydrogen-bond donors (Lipinski definition) is 5. The third-order valence-corrected chi connectivity index (χ3v) is 22.7. The van der Waals surface area contributed by atoms with Crippen LogP contribution in [-0.2, 0) is 76.0 Å². The van der Waals surface area contributed by atoms with Crippen LogP contribution in [0.15, 0.2) is 47.1 Å². The van der Waals surface area contributed by atoms with Crippen molar-refractivity contribution in [3.8, 4) is 0 Å². The van der Waals surface area contributed by atoms with E-state index in [1.807, 2.05) is 46.8 Å². The Bertz CT molecular complexity index is 2870. The number of carbonyl (C=O) groups excluding carboxylic acids is 5. The number of fused-ring (bicyclic) bond motifs is 4. The predicted octanol–water partition coefficient (Wildman–Crippen LogP) is 6.19. The molecule has 10 rings (SSSR count). The van der Waals surface area contributed by atoms with E-state index < -0.39 is 192 Å². The van der Waals surface area contributed by atoms with E-state index in [2.05, 4.69) is 25.2 Å². The second kappa shape index (κ2) is 28.5. The number of rotatable bonds is 14. The Morgan fingerprint density at radius 1 is 0.753 bits per heavy atom. The molecule has 6 aliphatic heterocycles. The summed E-state index contributed by atoms with van der Waals surface area (Å²) in [7, 11) is 1.15. The lowest BCUT2D eigenvalue weighted by Gasteiger charge is -2.57. The minimum absolute atomic E-state index is 0.0683. The summed E-state index contributed by atoms with van der Waals surface area (Å²) in [5.74, 6) is -6.36. The van der Waals surface area contributed by atoms with Crippen molar-refractivity contribution in [3.63, 3.8) is 0 Å². The van der Waals surface area contributed by atoms with E-state index in [0.717, 1.165) is 12.7 Å². The largest absolute Gasteiger partial charge is 0.457 e. The molecule has 1 saturated carbocycles. The SMILES string of the molecule is COC(=O)N[C@H]1[C@@H](C)O[C@@H](O[C@H]2C/C=C(\C)[C@@H]3C=C[C@@H]4C(C[C@H]5C[C@@H](O[C@H]6CCC(OC7C[C@@H](O)C(OC8CC[C@@H](O)[C@H](C)O8)[C@H](C)O7)[C@H](C)O6)[C@@H](OC(C)=O)[C@H](C)O5)[C@@H](C)C[C@H](C)C4[C@]3(C)C(=O)C3C(=O)OC4(CC(C=O)=C[C@H](O)[C@H]4/C=C/2C)C3O)C[C@]1(C)[N+](=O)[O-]. The zero-order chi connectivity index (χ0) is 67.5. The zero-order valence-electron chi connectivity index (χ0n) is 55.9. The van der Waals surface area contributed by atoms with Crippen LogP contribution in [-0.4, -0.2) is 196 Å².